The molecule has 7 nitrogen and oxygen atoms in total. The van der Waals surface area contributed by atoms with Crippen LogP contribution in [0.2, 0.25) is 0 Å². The Morgan fingerprint density at radius 3 is 3.00 bits per heavy atom. The van der Waals surface area contributed by atoms with Crippen molar-refractivity contribution in [2.75, 3.05) is 26.2 Å². The molecule has 0 saturated carbocycles. The fraction of sp³-hybridized carbons (Fsp3) is 0.615. The van der Waals surface area contributed by atoms with Gasteiger partial charge >= 0.3 is 6.03 Å². The highest BCUT2D eigenvalue weighted by Crippen LogP contribution is 2.13. The van der Waals surface area contributed by atoms with Crippen LogP contribution in [0.5, 0.6) is 0 Å². The fourth-order valence-corrected chi connectivity index (χ4v) is 3.03. The van der Waals surface area contributed by atoms with Gasteiger partial charge in [0.1, 0.15) is 5.69 Å². The molecule has 2 heterocycles. The number of amides is 3. The van der Waals surface area contributed by atoms with Crippen molar-refractivity contribution >= 4 is 35.7 Å². The van der Waals surface area contributed by atoms with E-state index >= 15 is 0 Å². The van der Waals surface area contributed by atoms with E-state index in [2.05, 4.69) is 15.6 Å². The smallest absolute Gasteiger partial charge is 0.317 e. The monoisotopic (exact) mass is 347 g/mol. The van der Waals surface area contributed by atoms with Crippen molar-refractivity contribution in [2.45, 2.75) is 25.8 Å². The predicted molar refractivity (Wildman–Crippen MR) is 88.6 cm³/mol. The lowest BCUT2D eigenvalue weighted by Crippen LogP contribution is -2.42. The third-order valence-electron chi connectivity index (χ3n) is 3.28. The minimum Gasteiger partial charge on any atom is -0.346 e. The number of carbonyl (C=O) groups is 2. The summed E-state index contributed by atoms with van der Waals surface area (Å²) in [5.41, 5.74) is 5.90. The van der Waals surface area contributed by atoms with Crippen molar-refractivity contribution in [1.82, 2.24) is 20.5 Å². The standard InChI is InChI=1S/C13H21N5O2S.ClH/c1-2-15-13(20)18-6-4-9(7-18)16-12(19)10-8-21-11(17-10)3-5-14;/h8-9H,2-7,14H2,1H3,(H,15,20)(H,16,19);1H. The zero-order chi connectivity index (χ0) is 15.2. The van der Waals surface area contributed by atoms with Crippen molar-refractivity contribution in [3.05, 3.63) is 16.1 Å². The number of rotatable bonds is 5. The van der Waals surface area contributed by atoms with E-state index in [1.165, 1.54) is 11.3 Å². The summed E-state index contributed by atoms with van der Waals surface area (Å²) in [6.07, 6.45) is 1.45. The largest absolute Gasteiger partial charge is 0.346 e. The third kappa shape index (κ3) is 4.82. The average Bonchev–Trinajstić information content (AvgIpc) is 3.09. The fourth-order valence-electron chi connectivity index (χ4n) is 2.24. The van der Waals surface area contributed by atoms with E-state index in [0.717, 1.165) is 11.4 Å². The van der Waals surface area contributed by atoms with E-state index in [9.17, 15) is 9.59 Å². The van der Waals surface area contributed by atoms with E-state index < -0.39 is 0 Å². The second-order valence-corrected chi connectivity index (χ2v) is 5.85. The Morgan fingerprint density at radius 1 is 1.55 bits per heavy atom. The van der Waals surface area contributed by atoms with Crippen LogP contribution in [0.3, 0.4) is 0 Å². The van der Waals surface area contributed by atoms with E-state index in [1.54, 1.807) is 10.3 Å². The summed E-state index contributed by atoms with van der Waals surface area (Å²) in [6, 6.07) is -0.0899. The Labute approximate surface area is 140 Å². The Kier molecular flexibility index (Phi) is 7.57. The number of hydrogen-bond acceptors (Lipinski definition) is 5. The van der Waals surface area contributed by atoms with Gasteiger partial charge in [-0.15, -0.1) is 23.7 Å². The van der Waals surface area contributed by atoms with Crippen LogP contribution in [0, 0.1) is 0 Å². The van der Waals surface area contributed by atoms with Gasteiger partial charge in [0, 0.05) is 37.5 Å². The molecular weight excluding hydrogens is 326 g/mol. The van der Waals surface area contributed by atoms with Gasteiger partial charge in [-0.1, -0.05) is 0 Å². The number of carbonyl (C=O) groups excluding carboxylic acids is 2. The maximum atomic E-state index is 12.1. The molecule has 2 rings (SSSR count). The molecule has 1 fully saturated rings. The van der Waals surface area contributed by atoms with Crippen LogP contribution in [-0.4, -0.2) is 54.0 Å². The van der Waals surface area contributed by atoms with Gasteiger partial charge in [0.2, 0.25) is 0 Å². The Morgan fingerprint density at radius 2 is 2.32 bits per heavy atom. The molecule has 9 heteroatoms. The van der Waals surface area contributed by atoms with Crippen LogP contribution in [0.4, 0.5) is 4.79 Å². The van der Waals surface area contributed by atoms with Gasteiger partial charge in [0.25, 0.3) is 5.91 Å². The van der Waals surface area contributed by atoms with Crippen molar-refractivity contribution in [3.8, 4) is 0 Å². The van der Waals surface area contributed by atoms with Crippen LogP contribution < -0.4 is 16.4 Å². The number of likely N-dealkylation sites (tertiary alicyclic amines) is 1. The highest BCUT2D eigenvalue weighted by atomic mass is 35.5. The number of urea groups is 1. The molecule has 22 heavy (non-hydrogen) atoms. The van der Waals surface area contributed by atoms with Crippen LogP contribution >= 0.6 is 23.7 Å². The summed E-state index contributed by atoms with van der Waals surface area (Å²) in [4.78, 5) is 29.8. The van der Waals surface area contributed by atoms with Gasteiger partial charge in [-0.3, -0.25) is 4.79 Å². The molecule has 1 aromatic heterocycles. The van der Waals surface area contributed by atoms with E-state index in [1.807, 2.05) is 6.92 Å². The number of aromatic nitrogens is 1. The van der Waals surface area contributed by atoms with Crippen LogP contribution in [0.1, 0.15) is 28.8 Å². The van der Waals surface area contributed by atoms with Gasteiger partial charge in [0.05, 0.1) is 5.01 Å². The number of nitrogens with one attached hydrogen (secondary N) is 2. The summed E-state index contributed by atoms with van der Waals surface area (Å²) in [5.74, 6) is -0.183. The highest BCUT2D eigenvalue weighted by molar-refractivity contribution is 7.09. The van der Waals surface area contributed by atoms with Gasteiger partial charge in [-0.2, -0.15) is 0 Å². The minimum absolute atomic E-state index is 0. The average molecular weight is 348 g/mol. The number of nitrogens with zero attached hydrogens (tertiary/aromatic N) is 2. The van der Waals surface area contributed by atoms with Crippen molar-refractivity contribution in [1.29, 1.82) is 0 Å². The first-order valence-corrected chi connectivity index (χ1v) is 8.00. The lowest BCUT2D eigenvalue weighted by atomic mass is 10.2. The summed E-state index contributed by atoms with van der Waals surface area (Å²) in [7, 11) is 0. The second kappa shape index (κ2) is 8.92. The van der Waals surface area contributed by atoms with Crippen LogP contribution in [0.15, 0.2) is 5.38 Å². The first-order valence-electron chi connectivity index (χ1n) is 7.12. The number of halogens is 1. The molecule has 0 aliphatic carbocycles. The molecule has 0 aromatic carbocycles. The molecule has 0 radical (unpaired) electrons. The molecule has 0 spiro atoms. The quantitative estimate of drug-likeness (QED) is 0.726. The van der Waals surface area contributed by atoms with Crippen LogP contribution in [-0.2, 0) is 6.42 Å². The zero-order valence-corrected chi connectivity index (χ0v) is 14.1. The Bertz CT molecular complexity index is 510. The van der Waals surface area contributed by atoms with E-state index in [0.29, 0.717) is 38.3 Å². The maximum absolute atomic E-state index is 12.1. The molecule has 0 bridgehead atoms. The Hall–Kier alpha value is -1.38. The molecule has 1 aliphatic rings. The number of thiazole rings is 1. The van der Waals surface area contributed by atoms with Gasteiger partial charge in [-0.05, 0) is 19.9 Å². The molecule has 1 aromatic rings. The van der Waals surface area contributed by atoms with E-state index in [4.69, 9.17) is 5.73 Å². The first kappa shape index (κ1) is 18.7. The SMILES string of the molecule is CCNC(=O)N1CCC(NC(=O)c2csc(CCN)n2)C1.Cl. The Balaban J connectivity index is 0.00000242. The lowest BCUT2D eigenvalue weighted by Gasteiger charge is -2.17. The first-order chi connectivity index (χ1) is 10.1. The minimum atomic E-state index is -0.183. The second-order valence-electron chi connectivity index (χ2n) is 4.91. The van der Waals surface area contributed by atoms with Gasteiger partial charge < -0.3 is 21.3 Å². The molecule has 1 saturated heterocycles. The van der Waals surface area contributed by atoms with Gasteiger partial charge in [0.15, 0.2) is 0 Å². The maximum Gasteiger partial charge on any atom is 0.317 e. The topological polar surface area (TPSA) is 100 Å². The van der Waals surface area contributed by atoms with Crippen molar-refractivity contribution in [3.63, 3.8) is 0 Å². The normalized spacial score (nSPS) is 17.0. The summed E-state index contributed by atoms with van der Waals surface area (Å²) in [5, 5.41) is 8.31. The lowest BCUT2D eigenvalue weighted by molar-refractivity contribution is 0.0933. The number of nitrogens with two attached hydrogens (primary N) is 1. The summed E-state index contributed by atoms with van der Waals surface area (Å²) in [6.45, 7) is 4.21. The van der Waals surface area contributed by atoms with Crippen LogP contribution in [0.25, 0.3) is 0 Å². The van der Waals surface area contributed by atoms with E-state index in [-0.39, 0.29) is 30.4 Å². The molecule has 1 aliphatic heterocycles. The molecule has 1 atom stereocenters. The molecule has 1 unspecified atom stereocenters. The highest BCUT2D eigenvalue weighted by Gasteiger charge is 2.27. The predicted octanol–water partition coefficient (Wildman–Crippen LogP) is 0.600. The zero-order valence-electron chi connectivity index (χ0n) is 12.5. The summed E-state index contributed by atoms with van der Waals surface area (Å²) < 4.78 is 0. The molecule has 124 valence electrons. The number of hydrogen-bond donors (Lipinski definition) is 3. The van der Waals surface area contributed by atoms with Gasteiger partial charge in [-0.25, -0.2) is 9.78 Å². The third-order valence-corrected chi connectivity index (χ3v) is 4.19. The molecular formula is C13H22ClN5O2S. The van der Waals surface area contributed by atoms with Crippen molar-refractivity contribution < 1.29 is 9.59 Å². The summed E-state index contributed by atoms with van der Waals surface area (Å²) >= 11 is 1.45. The molecule has 4 N–H and O–H groups in total. The van der Waals surface area contributed by atoms with Crippen molar-refractivity contribution in [2.24, 2.45) is 5.73 Å². The molecule has 3 amide bonds.